The molecular formula is C10H20ClNO. The number of rotatable bonds is 2. The van der Waals surface area contributed by atoms with Gasteiger partial charge >= 0.3 is 0 Å². The van der Waals surface area contributed by atoms with Crippen molar-refractivity contribution in [2.24, 2.45) is 5.92 Å². The summed E-state index contributed by atoms with van der Waals surface area (Å²) in [7, 11) is 0. The van der Waals surface area contributed by atoms with Crippen molar-refractivity contribution in [3.8, 4) is 0 Å². The van der Waals surface area contributed by atoms with Gasteiger partial charge in [0.05, 0.1) is 0 Å². The van der Waals surface area contributed by atoms with Crippen LogP contribution in [0.25, 0.3) is 0 Å². The molecule has 1 rings (SSSR count). The van der Waals surface area contributed by atoms with Crippen molar-refractivity contribution in [2.45, 2.75) is 52.0 Å². The Morgan fingerprint density at radius 2 is 1.77 bits per heavy atom. The zero-order valence-electron chi connectivity index (χ0n) is 8.51. The van der Waals surface area contributed by atoms with Gasteiger partial charge in [-0.25, -0.2) is 0 Å². The molecule has 0 aliphatic heterocycles. The summed E-state index contributed by atoms with van der Waals surface area (Å²) in [5.74, 6) is 0.575. The van der Waals surface area contributed by atoms with Crippen molar-refractivity contribution in [3.05, 3.63) is 0 Å². The second kappa shape index (κ2) is 6.25. The van der Waals surface area contributed by atoms with Gasteiger partial charge in [0.1, 0.15) is 0 Å². The van der Waals surface area contributed by atoms with Gasteiger partial charge in [-0.15, -0.1) is 12.4 Å². The monoisotopic (exact) mass is 205 g/mol. The van der Waals surface area contributed by atoms with Gasteiger partial charge in [-0.3, -0.25) is 4.79 Å². The average molecular weight is 206 g/mol. The van der Waals surface area contributed by atoms with E-state index in [0.717, 1.165) is 12.8 Å². The molecule has 2 nitrogen and oxygen atoms in total. The molecule has 0 aromatic carbocycles. The highest BCUT2D eigenvalue weighted by molar-refractivity contribution is 5.85. The molecule has 0 spiro atoms. The molecular weight excluding hydrogens is 186 g/mol. The SMILES string of the molecule is CC(C)NC(=O)C1CCCCC1.Cl. The Balaban J connectivity index is 0.00000144. The number of hydrogen-bond donors (Lipinski definition) is 1. The topological polar surface area (TPSA) is 29.1 Å². The quantitative estimate of drug-likeness (QED) is 0.738. The number of hydrogen-bond acceptors (Lipinski definition) is 1. The van der Waals surface area contributed by atoms with E-state index in [1.165, 1.54) is 19.3 Å². The Morgan fingerprint density at radius 3 is 2.23 bits per heavy atom. The van der Waals surface area contributed by atoms with E-state index in [-0.39, 0.29) is 18.3 Å². The maximum atomic E-state index is 11.5. The first-order valence-corrected chi connectivity index (χ1v) is 5.00. The molecule has 0 atom stereocenters. The Bertz CT molecular complexity index is 153. The molecule has 1 aliphatic carbocycles. The summed E-state index contributed by atoms with van der Waals surface area (Å²) in [6, 6.07) is 0.291. The lowest BCUT2D eigenvalue weighted by molar-refractivity contribution is -0.126. The maximum absolute atomic E-state index is 11.5. The lowest BCUT2D eigenvalue weighted by Gasteiger charge is -2.21. The first kappa shape index (κ1) is 12.8. The molecule has 0 unspecified atom stereocenters. The minimum Gasteiger partial charge on any atom is -0.354 e. The summed E-state index contributed by atoms with van der Waals surface area (Å²) in [6.07, 6.45) is 5.97. The van der Waals surface area contributed by atoms with Gasteiger partial charge in [-0.2, -0.15) is 0 Å². The van der Waals surface area contributed by atoms with E-state index < -0.39 is 0 Å². The molecule has 1 saturated carbocycles. The van der Waals surface area contributed by atoms with E-state index in [0.29, 0.717) is 12.0 Å². The number of carbonyl (C=O) groups is 1. The third-order valence-electron chi connectivity index (χ3n) is 2.41. The molecule has 1 aliphatic rings. The van der Waals surface area contributed by atoms with Crippen LogP contribution in [0.4, 0.5) is 0 Å². The lowest BCUT2D eigenvalue weighted by Crippen LogP contribution is -2.36. The molecule has 0 radical (unpaired) electrons. The Labute approximate surface area is 86.9 Å². The molecule has 3 heteroatoms. The van der Waals surface area contributed by atoms with Gasteiger partial charge in [0.2, 0.25) is 5.91 Å². The third kappa shape index (κ3) is 4.51. The second-order valence-corrected chi connectivity index (χ2v) is 4.00. The number of carbonyl (C=O) groups excluding carboxylic acids is 1. The average Bonchev–Trinajstić information content (AvgIpc) is 2.05. The van der Waals surface area contributed by atoms with E-state index >= 15 is 0 Å². The van der Waals surface area contributed by atoms with Crippen LogP contribution in [-0.4, -0.2) is 11.9 Å². The highest BCUT2D eigenvalue weighted by Gasteiger charge is 2.20. The number of amides is 1. The Kier molecular flexibility index (Phi) is 6.13. The normalized spacial score (nSPS) is 18.1. The minimum absolute atomic E-state index is 0. The standard InChI is InChI=1S/C10H19NO.ClH/c1-8(2)11-10(12)9-6-4-3-5-7-9;/h8-9H,3-7H2,1-2H3,(H,11,12);1H. The van der Waals surface area contributed by atoms with Crippen LogP contribution in [0, 0.1) is 5.92 Å². The second-order valence-electron chi connectivity index (χ2n) is 4.00. The minimum atomic E-state index is 0. The van der Waals surface area contributed by atoms with Crippen molar-refractivity contribution >= 4 is 18.3 Å². The van der Waals surface area contributed by atoms with Crippen LogP contribution in [0.5, 0.6) is 0 Å². The number of halogens is 1. The lowest BCUT2D eigenvalue weighted by atomic mass is 9.88. The highest BCUT2D eigenvalue weighted by atomic mass is 35.5. The first-order chi connectivity index (χ1) is 5.70. The van der Waals surface area contributed by atoms with E-state index in [1.54, 1.807) is 0 Å². The summed E-state index contributed by atoms with van der Waals surface area (Å²) in [5.41, 5.74) is 0. The molecule has 0 saturated heterocycles. The number of nitrogens with one attached hydrogen (secondary N) is 1. The fraction of sp³-hybridized carbons (Fsp3) is 0.900. The van der Waals surface area contributed by atoms with Crippen LogP contribution >= 0.6 is 12.4 Å². The molecule has 1 amide bonds. The first-order valence-electron chi connectivity index (χ1n) is 5.00. The fourth-order valence-electron chi connectivity index (χ4n) is 1.77. The molecule has 0 aromatic rings. The Morgan fingerprint density at radius 1 is 1.23 bits per heavy atom. The van der Waals surface area contributed by atoms with Gasteiger partial charge in [-0.05, 0) is 26.7 Å². The fourth-order valence-corrected chi connectivity index (χ4v) is 1.77. The predicted molar refractivity (Wildman–Crippen MR) is 57.1 cm³/mol. The van der Waals surface area contributed by atoms with Crippen LogP contribution in [0.3, 0.4) is 0 Å². The van der Waals surface area contributed by atoms with Crippen molar-refractivity contribution in [2.75, 3.05) is 0 Å². The van der Waals surface area contributed by atoms with E-state index in [9.17, 15) is 4.79 Å². The van der Waals surface area contributed by atoms with Crippen LogP contribution < -0.4 is 5.32 Å². The zero-order valence-corrected chi connectivity index (χ0v) is 9.32. The van der Waals surface area contributed by atoms with Gasteiger partial charge in [-0.1, -0.05) is 19.3 Å². The summed E-state index contributed by atoms with van der Waals surface area (Å²) >= 11 is 0. The van der Waals surface area contributed by atoms with E-state index in [4.69, 9.17) is 0 Å². The molecule has 1 fully saturated rings. The zero-order chi connectivity index (χ0) is 8.97. The van der Waals surface area contributed by atoms with E-state index in [2.05, 4.69) is 5.32 Å². The van der Waals surface area contributed by atoms with Crippen molar-refractivity contribution in [3.63, 3.8) is 0 Å². The van der Waals surface area contributed by atoms with Crippen LogP contribution in [0.2, 0.25) is 0 Å². The van der Waals surface area contributed by atoms with Gasteiger partial charge < -0.3 is 5.32 Å². The molecule has 0 aromatic heterocycles. The van der Waals surface area contributed by atoms with Crippen molar-refractivity contribution < 1.29 is 4.79 Å². The van der Waals surface area contributed by atoms with E-state index in [1.807, 2.05) is 13.8 Å². The predicted octanol–water partition coefficient (Wildman–Crippen LogP) is 2.51. The smallest absolute Gasteiger partial charge is 0.223 e. The summed E-state index contributed by atoms with van der Waals surface area (Å²) in [5, 5.41) is 2.97. The van der Waals surface area contributed by atoms with Crippen molar-refractivity contribution in [1.82, 2.24) is 5.32 Å². The van der Waals surface area contributed by atoms with Crippen LogP contribution in [-0.2, 0) is 4.79 Å². The summed E-state index contributed by atoms with van der Waals surface area (Å²) in [6.45, 7) is 4.03. The summed E-state index contributed by atoms with van der Waals surface area (Å²) in [4.78, 5) is 11.5. The van der Waals surface area contributed by atoms with Gasteiger partial charge in [0.15, 0.2) is 0 Å². The molecule has 1 N–H and O–H groups in total. The molecule has 0 bridgehead atoms. The van der Waals surface area contributed by atoms with Crippen molar-refractivity contribution in [1.29, 1.82) is 0 Å². The highest BCUT2D eigenvalue weighted by Crippen LogP contribution is 2.23. The maximum Gasteiger partial charge on any atom is 0.223 e. The van der Waals surface area contributed by atoms with Gasteiger partial charge in [0, 0.05) is 12.0 Å². The van der Waals surface area contributed by atoms with Gasteiger partial charge in [0.25, 0.3) is 0 Å². The molecule has 78 valence electrons. The largest absolute Gasteiger partial charge is 0.354 e. The van der Waals surface area contributed by atoms with Crippen LogP contribution in [0.1, 0.15) is 46.0 Å². The summed E-state index contributed by atoms with van der Waals surface area (Å²) < 4.78 is 0. The third-order valence-corrected chi connectivity index (χ3v) is 2.41. The molecule has 13 heavy (non-hydrogen) atoms. The Hall–Kier alpha value is -0.240. The van der Waals surface area contributed by atoms with Crippen LogP contribution in [0.15, 0.2) is 0 Å². The molecule has 0 heterocycles.